The molecule has 6 heteroatoms. The third kappa shape index (κ3) is 5.38. The lowest BCUT2D eigenvalue weighted by molar-refractivity contribution is 0.161. The van der Waals surface area contributed by atoms with Crippen LogP contribution in [0.5, 0.6) is 0 Å². The van der Waals surface area contributed by atoms with E-state index >= 15 is 0 Å². The number of nitrogens with zero attached hydrogens (tertiary/aromatic N) is 1. The molecule has 19 heavy (non-hydrogen) atoms. The van der Waals surface area contributed by atoms with Crippen molar-refractivity contribution in [3.05, 3.63) is 0 Å². The minimum atomic E-state index is -3.21. The lowest BCUT2D eigenvalue weighted by Crippen LogP contribution is -2.45. The molecule has 1 fully saturated rings. The molecule has 1 saturated carbocycles. The van der Waals surface area contributed by atoms with E-state index in [1.54, 1.807) is 4.31 Å². The molecule has 0 bridgehead atoms. The van der Waals surface area contributed by atoms with Gasteiger partial charge in [0.1, 0.15) is 0 Å². The summed E-state index contributed by atoms with van der Waals surface area (Å²) in [7, 11) is -3.21. The van der Waals surface area contributed by atoms with E-state index in [1.807, 2.05) is 13.8 Å². The Labute approximate surface area is 117 Å². The van der Waals surface area contributed by atoms with Crippen LogP contribution in [0.1, 0.15) is 46.0 Å². The fourth-order valence-electron chi connectivity index (χ4n) is 2.58. The molecular weight excluding hydrogens is 264 g/mol. The fourth-order valence-corrected chi connectivity index (χ4v) is 4.27. The molecular formula is C13H28N2O3S. The Balaban J connectivity index is 2.64. The number of rotatable bonds is 8. The highest BCUT2D eigenvalue weighted by Gasteiger charge is 2.31. The van der Waals surface area contributed by atoms with Crippen molar-refractivity contribution in [3.63, 3.8) is 0 Å². The van der Waals surface area contributed by atoms with Crippen LogP contribution in [-0.4, -0.2) is 50.3 Å². The maximum atomic E-state index is 12.4. The van der Waals surface area contributed by atoms with Gasteiger partial charge in [-0.15, -0.1) is 0 Å². The molecule has 0 aromatic carbocycles. The molecule has 0 aromatic heterocycles. The molecule has 0 aliphatic heterocycles. The second kappa shape index (κ2) is 8.19. The maximum absolute atomic E-state index is 12.4. The Morgan fingerprint density at radius 2 is 1.84 bits per heavy atom. The van der Waals surface area contributed by atoms with Crippen molar-refractivity contribution in [2.24, 2.45) is 5.73 Å². The highest BCUT2D eigenvalue weighted by Crippen LogP contribution is 2.24. The molecule has 0 amide bonds. The maximum Gasteiger partial charge on any atom is 0.216 e. The Morgan fingerprint density at radius 1 is 1.21 bits per heavy atom. The average molecular weight is 292 g/mol. The van der Waals surface area contributed by atoms with E-state index in [1.165, 1.54) is 0 Å². The van der Waals surface area contributed by atoms with Gasteiger partial charge in [-0.1, -0.05) is 6.92 Å². The van der Waals surface area contributed by atoms with Crippen LogP contribution in [-0.2, 0) is 14.8 Å². The number of sulfonamides is 1. The zero-order valence-electron chi connectivity index (χ0n) is 12.2. The molecule has 0 heterocycles. The number of ether oxygens (including phenoxy) is 1. The van der Waals surface area contributed by atoms with Crippen LogP contribution in [0.15, 0.2) is 0 Å². The molecule has 0 atom stereocenters. The molecule has 1 aliphatic carbocycles. The van der Waals surface area contributed by atoms with E-state index in [0.717, 1.165) is 32.1 Å². The monoisotopic (exact) mass is 292 g/mol. The van der Waals surface area contributed by atoms with Crippen molar-refractivity contribution in [2.45, 2.75) is 58.0 Å². The molecule has 1 aliphatic rings. The Kier molecular flexibility index (Phi) is 7.28. The Morgan fingerprint density at radius 3 is 2.37 bits per heavy atom. The van der Waals surface area contributed by atoms with Crippen LogP contribution >= 0.6 is 0 Å². The van der Waals surface area contributed by atoms with Crippen LogP contribution in [0.2, 0.25) is 0 Å². The smallest absolute Gasteiger partial charge is 0.216 e. The third-order valence-corrected chi connectivity index (χ3v) is 5.52. The normalized spacial score (nSPS) is 24.8. The van der Waals surface area contributed by atoms with Crippen LogP contribution in [0.3, 0.4) is 0 Å². The summed E-state index contributed by atoms with van der Waals surface area (Å²) < 4.78 is 31.7. The molecule has 0 radical (unpaired) electrons. The summed E-state index contributed by atoms with van der Waals surface area (Å²) in [4.78, 5) is 0. The highest BCUT2D eigenvalue weighted by atomic mass is 32.2. The number of hydrogen-bond donors (Lipinski definition) is 1. The molecule has 2 N–H and O–H groups in total. The summed E-state index contributed by atoms with van der Waals surface area (Å²) in [5.74, 6) is 0.0867. The van der Waals surface area contributed by atoms with E-state index in [9.17, 15) is 8.42 Å². The van der Waals surface area contributed by atoms with Gasteiger partial charge in [0.15, 0.2) is 0 Å². The van der Waals surface area contributed by atoms with Crippen molar-refractivity contribution in [3.8, 4) is 0 Å². The molecule has 5 nitrogen and oxygen atoms in total. The average Bonchev–Trinajstić information content (AvgIpc) is 2.37. The van der Waals surface area contributed by atoms with Crippen molar-refractivity contribution < 1.29 is 13.2 Å². The first-order valence-corrected chi connectivity index (χ1v) is 8.95. The predicted molar refractivity (Wildman–Crippen MR) is 77.5 cm³/mol. The van der Waals surface area contributed by atoms with E-state index in [2.05, 4.69) is 0 Å². The highest BCUT2D eigenvalue weighted by molar-refractivity contribution is 7.89. The topological polar surface area (TPSA) is 72.6 Å². The molecule has 1 rings (SSSR count). The quantitative estimate of drug-likeness (QED) is 0.685. The predicted octanol–water partition coefficient (Wildman–Crippen LogP) is 1.33. The molecule has 0 aromatic rings. The summed E-state index contributed by atoms with van der Waals surface area (Å²) in [6.07, 6.45) is 4.46. The largest absolute Gasteiger partial charge is 0.381 e. The standard InChI is InChI=1S/C13H28N2O3S/c1-3-9-15(13-7-5-12(14)6-8-13)19(16,17)11-10-18-4-2/h12-13H,3-11,14H2,1-2H3. The van der Waals surface area contributed by atoms with Gasteiger partial charge >= 0.3 is 0 Å². The first-order chi connectivity index (χ1) is 9.01. The van der Waals surface area contributed by atoms with Crippen LogP contribution < -0.4 is 5.73 Å². The summed E-state index contributed by atoms with van der Waals surface area (Å²) in [6.45, 7) is 5.33. The second-order valence-corrected chi connectivity index (χ2v) is 7.23. The van der Waals surface area contributed by atoms with Crippen molar-refractivity contribution in [1.82, 2.24) is 4.31 Å². The van der Waals surface area contributed by atoms with Gasteiger partial charge in [0.05, 0.1) is 12.4 Å². The van der Waals surface area contributed by atoms with Crippen LogP contribution in [0.25, 0.3) is 0 Å². The fraction of sp³-hybridized carbons (Fsp3) is 1.00. The van der Waals surface area contributed by atoms with Gasteiger partial charge in [0.2, 0.25) is 10.0 Å². The lowest BCUT2D eigenvalue weighted by Gasteiger charge is -2.35. The summed E-state index contributed by atoms with van der Waals surface area (Å²) >= 11 is 0. The van der Waals surface area contributed by atoms with Gasteiger partial charge in [-0.2, -0.15) is 4.31 Å². The van der Waals surface area contributed by atoms with Gasteiger partial charge in [-0.05, 0) is 39.0 Å². The first-order valence-electron chi connectivity index (χ1n) is 7.34. The zero-order valence-corrected chi connectivity index (χ0v) is 13.0. The minimum Gasteiger partial charge on any atom is -0.381 e. The lowest BCUT2D eigenvalue weighted by atomic mass is 9.92. The number of nitrogens with two attached hydrogens (primary N) is 1. The van der Waals surface area contributed by atoms with E-state index < -0.39 is 10.0 Å². The Hall–Kier alpha value is -0.170. The van der Waals surface area contributed by atoms with Gasteiger partial charge in [-0.25, -0.2) is 8.42 Å². The third-order valence-electron chi connectivity index (χ3n) is 3.64. The summed E-state index contributed by atoms with van der Waals surface area (Å²) in [6, 6.07) is 0.372. The first kappa shape index (κ1) is 16.9. The summed E-state index contributed by atoms with van der Waals surface area (Å²) in [5.41, 5.74) is 5.89. The van der Waals surface area contributed by atoms with Gasteiger partial charge in [0.25, 0.3) is 0 Å². The SMILES string of the molecule is CCCN(C1CCC(N)CC1)S(=O)(=O)CCOCC. The van der Waals surface area contributed by atoms with E-state index in [-0.39, 0.29) is 24.4 Å². The molecule has 0 unspecified atom stereocenters. The van der Waals surface area contributed by atoms with Crippen molar-refractivity contribution >= 4 is 10.0 Å². The summed E-state index contributed by atoms with van der Waals surface area (Å²) in [5, 5.41) is 0. The van der Waals surface area contributed by atoms with Crippen LogP contribution in [0.4, 0.5) is 0 Å². The number of hydrogen-bond acceptors (Lipinski definition) is 4. The minimum absolute atomic E-state index is 0.0867. The van der Waals surface area contributed by atoms with Gasteiger partial charge in [0, 0.05) is 25.2 Å². The molecule has 0 saturated heterocycles. The van der Waals surface area contributed by atoms with Gasteiger partial charge in [-0.3, -0.25) is 0 Å². The zero-order chi connectivity index (χ0) is 14.3. The second-order valence-electron chi connectivity index (χ2n) is 5.19. The van der Waals surface area contributed by atoms with Gasteiger partial charge < -0.3 is 10.5 Å². The Bertz CT molecular complexity index is 338. The molecule has 0 spiro atoms. The van der Waals surface area contributed by atoms with Crippen LogP contribution in [0, 0.1) is 0 Å². The van der Waals surface area contributed by atoms with Crippen molar-refractivity contribution in [2.75, 3.05) is 25.5 Å². The van der Waals surface area contributed by atoms with Crippen molar-refractivity contribution in [1.29, 1.82) is 0 Å². The van der Waals surface area contributed by atoms with E-state index in [4.69, 9.17) is 10.5 Å². The van der Waals surface area contributed by atoms with E-state index in [0.29, 0.717) is 13.2 Å². The molecule has 114 valence electrons.